The van der Waals surface area contributed by atoms with Gasteiger partial charge in [0.25, 0.3) is 0 Å². The zero-order chi connectivity index (χ0) is 14.7. The molecule has 5 nitrogen and oxygen atoms in total. The smallest absolute Gasteiger partial charge is 0.223 e. The third-order valence-corrected chi connectivity index (χ3v) is 3.94. The SMILES string of the molecule is Cc1cc(C(C)C)nc(NCC2CN(C)CCN2C)n1. The minimum atomic E-state index is 0.431. The van der Waals surface area contributed by atoms with Crippen molar-refractivity contribution in [2.75, 3.05) is 45.6 Å². The quantitative estimate of drug-likeness (QED) is 0.905. The summed E-state index contributed by atoms with van der Waals surface area (Å²) in [6.45, 7) is 10.6. The van der Waals surface area contributed by atoms with Crippen LogP contribution < -0.4 is 5.32 Å². The molecule has 0 saturated carbocycles. The lowest BCUT2D eigenvalue weighted by Gasteiger charge is -2.37. The van der Waals surface area contributed by atoms with Crippen molar-refractivity contribution < 1.29 is 0 Å². The van der Waals surface area contributed by atoms with Crippen LogP contribution in [0.1, 0.15) is 31.2 Å². The van der Waals surface area contributed by atoms with Crippen LogP contribution in [-0.2, 0) is 0 Å². The molecular formula is C15H27N5. The Morgan fingerprint density at radius 2 is 2.05 bits per heavy atom. The molecule has 0 spiro atoms. The van der Waals surface area contributed by atoms with Gasteiger partial charge in [-0.05, 0) is 33.0 Å². The number of rotatable bonds is 4. The van der Waals surface area contributed by atoms with E-state index in [0.29, 0.717) is 12.0 Å². The van der Waals surface area contributed by atoms with Gasteiger partial charge in [-0.15, -0.1) is 0 Å². The molecular weight excluding hydrogens is 250 g/mol. The topological polar surface area (TPSA) is 44.3 Å². The summed E-state index contributed by atoms with van der Waals surface area (Å²) < 4.78 is 0. The molecule has 0 bridgehead atoms. The number of anilines is 1. The number of likely N-dealkylation sites (N-methyl/N-ethyl adjacent to an activating group) is 2. The fourth-order valence-electron chi connectivity index (χ4n) is 2.50. The predicted molar refractivity (Wildman–Crippen MR) is 83.3 cm³/mol. The van der Waals surface area contributed by atoms with Crippen molar-refractivity contribution in [3.05, 3.63) is 17.5 Å². The van der Waals surface area contributed by atoms with Gasteiger partial charge in [-0.25, -0.2) is 9.97 Å². The van der Waals surface area contributed by atoms with Gasteiger partial charge in [0.15, 0.2) is 0 Å². The Hall–Kier alpha value is -1.20. The zero-order valence-corrected chi connectivity index (χ0v) is 13.3. The monoisotopic (exact) mass is 277 g/mol. The van der Waals surface area contributed by atoms with Crippen molar-refractivity contribution in [1.82, 2.24) is 19.8 Å². The van der Waals surface area contributed by atoms with Gasteiger partial charge in [0.05, 0.1) is 0 Å². The van der Waals surface area contributed by atoms with Gasteiger partial charge in [0.2, 0.25) is 5.95 Å². The molecule has 1 aromatic rings. The molecule has 0 amide bonds. The maximum atomic E-state index is 4.61. The predicted octanol–water partition coefficient (Wildman–Crippen LogP) is 1.57. The largest absolute Gasteiger partial charge is 0.353 e. The number of aromatic nitrogens is 2. The zero-order valence-electron chi connectivity index (χ0n) is 13.3. The molecule has 1 unspecified atom stereocenters. The first kappa shape index (κ1) is 15.2. The van der Waals surface area contributed by atoms with E-state index in [2.05, 4.69) is 59.1 Å². The van der Waals surface area contributed by atoms with Gasteiger partial charge in [0, 0.05) is 43.6 Å². The summed E-state index contributed by atoms with van der Waals surface area (Å²) in [6, 6.07) is 2.58. The van der Waals surface area contributed by atoms with Crippen LogP contribution in [0.2, 0.25) is 0 Å². The first-order chi connectivity index (χ1) is 9.45. The summed E-state index contributed by atoms with van der Waals surface area (Å²) >= 11 is 0. The van der Waals surface area contributed by atoms with E-state index in [1.165, 1.54) is 0 Å². The van der Waals surface area contributed by atoms with E-state index in [9.17, 15) is 0 Å². The molecule has 2 heterocycles. The molecule has 1 aliphatic rings. The normalized spacial score (nSPS) is 21.4. The van der Waals surface area contributed by atoms with Crippen LogP contribution in [0.25, 0.3) is 0 Å². The molecule has 0 radical (unpaired) electrons. The lowest BCUT2D eigenvalue weighted by atomic mass is 10.1. The average Bonchev–Trinajstić information content (AvgIpc) is 2.39. The summed E-state index contributed by atoms with van der Waals surface area (Å²) in [7, 11) is 4.37. The van der Waals surface area contributed by atoms with Crippen molar-refractivity contribution in [3.63, 3.8) is 0 Å². The number of nitrogens with one attached hydrogen (secondary N) is 1. The summed E-state index contributed by atoms with van der Waals surface area (Å²) in [5.41, 5.74) is 2.13. The van der Waals surface area contributed by atoms with Gasteiger partial charge >= 0.3 is 0 Å². The lowest BCUT2D eigenvalue weighted by Crippen LogP contribution is -2.52. The molecule has 0 aliphatic carbocycles. The minimum absolute atomic E-state index is 0.431. The van der Waals surface area contributed by atoms with Crippen molar-refractivity contribution >= 4 is 5.95 Å². The van der Waals surface area contributed by atoms with Crippen molar-refractivity contribution in [3.8, 4) is 0 Å². The van der Waals surface area contributed by atoms with E-state index < -0.39 is 0 Å². The maximum absolute atomic E-state index is 4.61. The van der Waals surface area contributed by atoms with Crippen LogP contribution in [-0.4, -0.2) is 66.1 Å². The summed E-state index contributed by atoms with van der Waals surface area (Å²) in [5, 5.41) is 3.41. The third kappa shape index (κ3) is 3.90. The lowest BCUT2D eigenvalue weighted by molar-refractivity contribution is 0.121. The standard InChI is InChI=1S/C15H27N5/c1-11(2)14-8-12(3)17-15(18-14)16-9-13-10-19(4)6-7-20(13)5/h8,11,13H,6-7,9-10H2,1-5H3,(H,16,17,18). The van der Waals surface area contributed by atoms with Crippen molar-refractivity contribution in [2.24, 2.45) is 0 Å². The fraction of sp³-hybridized carbons (Fsp3) is 0.733. The molecule has 20 heavy (non-hydrogen) atoms. The Morgan fingerprint density at radius 1 is 1.30 bits per heavy atom. The number of hydrogen-bond donors (Lipinski definition) is 1. The molecule has 5 heteroatoms. The highest BCUT2D eigenvalue weighted by molar-refractivity contribution is 5.29. The van der Waals surface area contributed by atoms with E-state index in [1.807, 2.05) is 6.92 Å². The Labute approximate surface area is 122 Å². The van der Waals surface area contributed by atoms with Crippen molar-refractivity contribution in [2.45, 2.75) is 32.7 Å². The molecule has 0 aromatic carbocycles. The van der Waals surface area contributed by atoms with Crippen LogP contribution >= 0.6 is 0 Å². The Bertz CT molecular complexity index is 446. The van der Waals surface area contributed by atoms with Crippen LogP contribution in [0.4, 0.5) is 5.95 Å². The highest BCUT2D eigenvalue weighted by Crippen LogP contribution is 2.15. The summed E-state index contributed by atoms with van der Waals surface area (Å²) in [6.07, 6.45) is 0. The molecule has 1 atom stereocenters. The maximum Gasteiger partial charge on any atom is 0.223 e. The minimum Gasteiger partial charge on any atom is -0.353 e. The molecule has 1 aliphatic heterocycles. The van der Waals surface area contributed by atoms with E-state index in [1.54, 1.807) is 0 Å². The Kier molecular flexibility index (Phi) is 4.94. The fourth-order valence-corrected chi connectivity index (χ4v) is 2.50. The van der Waals surface area contributed by atoms with Gasteiger partial charge in [-0.3, -0.25) is 4.90 Å². The van der Waals surface area contributed by atoms with Crippen LogP contribution in [0.5, 0.6) is 0 Å². The number of piperazine rings is 1. The first-order valence-electron chi connectivity index (χ1n) is 7.44. The molecule has 1 aromatic heterocycles. The van der Waals surface area contributed by atoms with Crippen LogP contribution in [0.3, 0.4) is 0 Å². The van der Waals surface area contributed by atoms with Gasteiger partial charge in [0.1, 0.15) is 0 Å². The van der Waals surface area contributed by atoms with Gasteiger partial charge < -0.3 is 10.2 Å². The molecule has 112 valence electrons. The molecule has 2 rings (SSSR count). The highest BCUT2D eigenvalue weighted by atomic mass is 15.3. The van der Waals surface area contributed by atoms with Gasteiger partial charge in [-0.2, -0.15) is 0 Å². The van der Waals surface area contributed by atoms with Gasteiger partial charge in [-0.1, -0.05) is 13.8 Å². The Morgan fingerprint density at radius 3 is 2.75 bits per heavy atom. The molecule has 1 N–H and O–H groups in total. The summed E-state index contributed by atoms with van der Waals surface area (Å²) in [4.78, 5) is 13.9. The second-order valence-corrected chi connectivity index (χ2v) is 6.19. The average molecular weight is 277 g/mol. The second kappa shape index (κ2) is 6.50. The van der Waals surface area contributed by atoms with E-state index in [4.69, 9.17) is 0 Å². The second-order valence-electron chi connectivity index (χ2n) is 6.19. The highest BCUT2D eigenvalue weighted by Gasteiger charge is 2.22. The third-order valence-electron chi connectivity index (χ3n) is 3.94. The van der Waals surface area contributed by atoms with E-state index in [0.717, 1.165) is 43.5 Å². The van der Waals surface area contributed by atoms with Crippen LogP contribution in [0, 0.1) is 6.92 Å². The van der Waals surface area contributed by atoms with Crippen molar-refractivity contribution in [1.29, 1.82) is 0 Å². The van der Waals surface area contributed by atoms with E-state index >= 15 is 0 Å². The Balaban J connectivity index is 1.99. The number of nitrogens with zero attached hydrogens (tertiary/aromatic N) is 4. The van der Waals surface area contributed by atoms with E-state index in [-0.39, 0.29) is 0 Å². The number of hydrogen-bond acceptors (Lipinski definition) is 5. The number of aryl methyl sites for hydroxylation is 1. The van der Waals surface area contributed by atoms with Crippen LogP contribution in [0.15, 0.2) is 6.07 Å². The molecule has 1 saturated heterocycles. The molecule has 1 fully saturated rings. The first-order valence-corrected chi connectivity index (χ1v) is 7.44. The summed E-state index contributed by atoms with van der Waals surface area (Å²) in [5.74, 6) is 1.19.